The van der Waals surface area contributed by atoms with Crippen LogP contribution in [0.15, 0.2) is 53.5 Å². The van der Waals surface area contributed by atoms with Gasteiger partial charge < -0.3 is 15.4 Å². The third-order valence-electron chi connectivity index (χ3n) is 5.00. The van der Waals surface area contributed by atoms with Crippen LogP contribution in [-0.2, 0) is 4.74 Å². The summed E-state index contributed by atoms with van der Waals surface area (Å²) in [5.74, 6) is 1.09. The molecule has 8 nitrogen and oxygen atoms in total. The molecule has 4 heterocycles. The number of nitrogen functional groups attached to an aromatic ring is 1. The Morgan fingerprint density at radius 1 is 0.967 bits per heavy atom. The summed E-state index contributed by atoms with van der Waals surface area (Å²) in [6.07, 6.45) is 5.01. The summed E-state index contributed by atoms with van der Waals surface area (Å²) in [6.45, 7) is 2.95. The van der Waals surface area contributed by atoms with Gasteiger partial charge in [-0.2, -0.15) is 0 Å². The van der Waals surface area contributed by atoms with E-state index in [1.54, 1.807) is 12.4 Å². The van der Waals surface area contributed by atoms with Crippen molar-refractivity contribution in [3.05, 3.63) is 53.5 Å². The molecule has 2 N–H and O–H groups in total. The van der Waals surface area contributed by atoms with Crippen LogP contribution >= 0.6 is 15.9 Å². The van der Waals surface area contributed by atoms with E-state index in [0.717, 1.165) is 45.3 Å². The highest BCUT2D eigenvalue weighted by Gasteiger charge is 2.16. The molecule has 0 spiro atoms. The van der Waals surface area contributed by atoms with Crippen molar-refractivity contribution in [2.45, 2.75) is 0 Å². The van der Waals surface area contributed by atoms with Gasteiger partial charge in [0.25, 0.3) is 0 Å². The highest BCUT2D eigenvalue weighted by molar-refractivity contribution is 9.10. The lowest BCUT2D eigenvalue weighted by Crippen LogP contribution is -2.37. The van der Waals surface area contributed by atoms with Crippen molar-refractivity contribution in [1.29, 1.82) is 0 Å². The van der Waals surface area contributed by atoms with Crippen LogP contribution in [-0.4, -0.2) is 51.2 Å². The van der Waals surface area contributed by atoms with E-state index in [1.807, 2.05) is 30.3 Å². The number of hydrogen-bond donors (Lipinski definition) is 1. The minimum atomic E-state index is 0.396. The van der Waals surface area contributed by atoms with E-state index in [1.165, 1.54) is 6.33 Å². The van der Waals surface area contributed by atoms with Crippen molar-refractivity contribution < 1.29 is 4.74 Å². The van der Waals surface area contributed by atoms with E-state index < -0.39 is 0 Å². The topological polar surface area (TPSA) is 103 Å². The predicted molar refractivity (Wildman–Crippen MR) is 119 cm³/mol. The van der Waals surface area contributed by atoms with Crippen molar-refractivity contribution in [3.8, 4) is 22.4 Å². The van der Waals surface area contributed by atoms with Crippen molar-refractivity contribution >= 4 is 38.7 Å². The second kappa shape index (κ2) is 7.92. The SMILES string of the molecule is Nc1ncnc2nc(-c3cnc(N4CCOCC4)nc3)cc(-c3cccc(Br)c3)c12. The van der Waals surface area contributed by atoms with Gasteiger partial charge in [-0.3, -0.25) is 0 Å². The summed E-state index contributed by atoms with van der Waals surface area (Å²) >= 11 is 3.54. The number of pyridine rings is 1. The lowest BCUT2D eigenvalue weighted by atomic mass is 10.0. The number of morpholine rings is 1. The molecule has 1 saturated heterocycles. The molecule has 5 rings (SSSR count). The Morgan fingerprint density at radius 2 is 1.77 bits per heavy atom. The molecule has 4 aromatic rings. The van der Waals surface area contributed by atoms with Gasteiger partial charge in [-0.1, -0.05) is 28.1 Å². The maximum absolute atomic E-state index is 6.18. The summed E-state index contributed by atoms with van der Waals surface area (Å²) in [6, 6.07) is 9.99. The number of nitrogens with zero attached hydrogens (tertiary/aromatic N) is 6. The van der Waals surface area contributed by atoms with E-state index in [0.29, 0.717) is 30.6 Å². The van der Waals surface area contributed by atoms with Gasteiger partial charge in [0.1, 0.15) is 12.1 Å². The smallest absolute Gasteiger partial charge is 0.225 e. The molecular weight excluding hydrogens is 446 g/mol. The third kappa shape index (κ3) is 3.57. The fraction of sp³-hybridized carbons (Fsp3) is 0.190. The van der Waals surface area contributed by atoms with Crippen LogP contribution in [0, 0.1) is 0 Å². The first-order chi connectivity index (χ1) is 14.7. The Labute approximate surface area is 181 Å². The molecule has 1 aliphatic rings. The maximum Gasteiger partial charge on any atom is 0.225 e. The molecule has 1 aliphatic heterocycles. The highest BCUT2D eigenvalue weighted by Crippen LogP contribution is 2.34. The number of halogens is 1. The Kier molecular flexibility index (Phi) is 4.97. The van der Waals surface area contributed by atoms with Crippen LogP contribution < -0.4 is 10.6 Å². The Hall–Kier alpha value is -3.17. The largest absolute Gasteiger partial charge is 0.383 e. The van der Waals surface area contributed by atoms with Gasteiger partial charge in [0.05, 0.1) is 24.3 Å². The monoisotopic (exact) mass is 463 g/mol. The third-order valence-corrected chi connectivity index (χ3v) is 5.49. The van der Waals surface area contributed by atoms with Crippen molar-refractivity contribution in [2.75, 3.05) is 36.9 Å². The average molecular weight is 464 g/mol. The van der Waals surface area contributed by atoms with Gasteiger partial charge in [0.15, 0.2) is 5.65 Å². The second-order valence-corrected chi connectivity index (χ2v) is 7.81. The minimum absolute atomic E-state index is 0.396. The maximum atomic E-state index is 6.18. The number of hydrogen-bond acceptors (Lipinski definition) is 8. The second-order valence-electron chi connectivity index (χ2n) is 6.89. The number of nitrogens with two attached hydrogens (primary N) is 1. The first-order valence-corrected chi connectivity index (χ1v) is 10.3. The van der Waals surface area contributed by atoms with E-state index in [4.69, 9.17) is 15.5 Å². The number of rotatable bonds is 3. The molecule has 30 heavy (non-hydrogen) atoms. The number of fused-ring (bicyclic) bond motifs is 1. The first-order valence-electron chi connectivity index (χ1n) is 9.51. The van der Waals surface area contributed by atoms with Crippen LogP contribution in [0.2, 0.25) is 0 Å². The lowest BCUT2D eigenvalue weighted by Gasteiger charge is -2.26. The average Bonchev–Trinajstić information content (AvgIpc) is 2.79. The zero-order valence-corrected chi connectivity index (χ0v) is 17.6. The van der Waals surface area contributed by atoms with E-state index in [2.05, 4.69) is 40.8 Å². The van der Waals surface area contributed by atoms with Gasteiger partial charge >= 0.3 is 0 Å². The normalized spacial score (nSPS) is 14.2. The van der Waals surface area contributed by atoms with Crippen molar-refractivity contribution in [1.82, 2.24) is 24.9 Å². The van der Waals surface area contributed by atoms with Crippen LogP contribution in [0.25, 0.3) is 33.4 Å². The molecule has 150 valence electrons. The predicted octanol–water partition coefficient (Wildman–Crippen LogP) is 3.33. The number of aromatic nitrogens is 5. The molecule has 0 radical (unpaired) electrons. The standard InChI is InChI=1S/C21H18BrN7O/c22-15-3-1-2-13(8-15)16-9-17(28-20-18(16)19(23)26-12-27-20)14-10-24-21(25-11-14)29-4-6-30-7-5-29/h1-3,8-12H,4-7H2,(H2,23,26,27,28). The molecule has 0 atom stereocenters. The number of ether oxygens (including phenoxy) is 1. The van der Waals surface area contributed by atoms with Gasteiger partial charge in [0.2, 0.25) is 5.95 Å². The number of anilines is 2. The summed E-state index contributed by atoms with van der Waals surface area (Å²) in [5, 5.41) is 0.727. The molecule has 3 aromatic heterocycles. The molecule has 0 bridgehead atoms. The van der Waals surface area contributed by atoms with Crippen molar-refractivity contribution in [2.24, 2.45) is 0 Å². The summed E-state index contributed by atoms with van der Waals surface area (Å²) in [5.41, 5.74) is 10.1. The molecule has 9 heteroatoms. The highest BCUT2D eigenvalue weighted by atomic mass is 79.9. The molecule has 0 amide bonds. The zero-order chi connectivity index (χ0) is 20.5. The summed E-state index contributed by atoms with van der Waals surface area (Å²) in [7, 11) is 0. The summed E-state index contributed by atoms with van der Waals surface area (Å²) < 4.78 is 6.37. The van der Waals surface area contributed by atoms with Gasteiger partial charge in [-0.25, -0.2) is 24.9 Å². The molecule has 0 saturated carbocycles. The molecule has 1 aromatic carbocycles. The summed E-state index contributed by atoms with van der Waals surface area (Å²) in [4.78, 5) is 24.4. The molecule has 0 unspecified atom stereocenters. The zero-order valence-electron chi connectivity index (χ0n) is 16.0. The van der Waals surface area contributed by atoms with Crippen LogP contribution in [0.1, 0.15) is 0 Å². The molecule has 1 fully saturated rings. The Morgan fingerprint density at radius 3 is 2.53 bits per heavy atom. The molecule has 0 aliphatic carbocycles. The van der Waals surface area contributed by atoms with Crippen LogP contribution in [0.5, 0.6) is 0 Å². The minimum Gasteiger partial charge on any atom is -0.383 e. The quantitative estimate of drug-likeness (QED) is 0.493. The molecular formula is C21H18BrN7O. The van der Waals surface area contributed by atoms with E-state index >= 15 is 0 Å². The Bertz CT molecular complexity index is 1210. The lowest BCUT2D eigenvalue weighted by molar-refractivity contribution is 0.122. The van der Waals surface area contributed by atoms with Gasteiger partial charge in [-0.05, 0) is 29.3 Å². The van der Waals surface area contributed by atoms with Gasteiger partial charge in [0, 0.05) is 35.5 Å². The van der Waals surface area contributed by atoms with Crippen molar-refractivity contribution in [3.63, 3.8) is 0 Å². The van der Waals surface area contributed by atoms with E-state index in [-0.39, 0.29) is 0 Å². The first kappa shape index (κ1) is 18.8. The fourth-order valence-corrected chi connectivity index (χ4v) is 3.90. The van der Waals surface area contributed by atoms with Gasteiger partial charge in [-0.15, -0.1) is 0 Å². The number of benzene rings is 1. The van der Waals surface area contributed by atoms with E-state index in [9.17, 15) is 0 Å². The van der Waals surface area contributed by atoms with Crippen LogP contribution in [0.3, 0.4) is 0 Å². The fourth-order valence-electron chi connectivity index (χ4n) is 3.50. The van der Waals surface area contributed by atoms with Crippen LogP contribution in [0.4, 0.5) is 11.8 Å². The Balaban J connectivity index is 1.61.